The molecule has 0 bridgehead atoms. The van der Waals surface area contributed by atoms with Crippen molar-refractivity contribution in [3.63, 3.8) is 0 Å². The highest BCUT2D eigenvalue weighted by atomic mass is 19.1. The SMILES string of the molecule is O=C(O)c1ccccc1CN1CCOC(CO)(Cc2ccccc2F)C1. The van der Waals surface area contributed by atoms with E-state index in [2.05, 4.69) is 0 Å². The molecule has 0 aliphatic carbocycles. The molecule has 0 amide bonds. The first kappa shape index (κ1) is 18.5. The number of halogens is 1. The van der Waals surface area contributed by atoms with Crippen LogP contribution in [0.4, 0.5) is 4.39 Å². The summed E-state index contributed by atoms with van der Waals surface area (Å²) < 4.78 is 19.9. The van der Waals surface area contributed by atoms with Crippen molar-refractivity contribution in [2.24, 2.45) is 0 Å². The second-order valence-corrected chi connectivity index (χ2v) is 6.63. The standard InChI is InChI=1S/C20H22FNO4/c21-18-8-4-2-5-15(18)11-20(14-23)13-22(9-10-26-20)12-16-6-1-3-7-17(16)19(24)25/h1-8,23H,9-14H2,(H,24,25). The zero-order valence-electron chi connectivity index (χ0n) is 14.4. The maximum atomic E-state index is 14.0. The minimum Gasteiger partial charge on any atom is -0.478 e. The lowest BCUT2D eigenvalue weighted by molar-refractivity contribution is -0.134. The van der Waals surface area contributed by atoms with Crippen LogP contribution in [0.1, 0.15) is 21.5 Å². The van der Waals surface area contributed by atoms with Crippen molar-refractivity contribution >= 4 is 5.97 Å². The van der Waals surface area contributed by atoms with Crippen molar-refractivity contribution in [3.05, 3.63) is 71.0 Å². The molecule has 3 rings (SSSR count). The number of benzene rings is 2. The summed E-state index contributed by atoms with van der Waals surface area (Å²) in [5, 5.41) is 19.3. The Kier molecular flexibility index (Phi) is 5.66. The topological polar surface area (TPSA) is 70.0 Å². The van der Waals surface area contributed by atoms with Crippen LogP contribution >= 0.6 is 0 Å². The van der Waals surface area contributed by atoms with E-state index in [1.807, 2.05) is 4.90 Å². The number of rotatable bonds is 6. The van der Waals surface area contributed by atoms with Crippen molar-refractivity contribution in [3.8, 4) is 0 Å². The van der Waals surface area contributed by atoms with Crippen molar-refractivity contribution in [2.45, 2.75) is 18.6 Å². The highest BCUT2D eigenvalue weighted by Gasteiger charge is 2.37. The van der Waals surface area contributed by atoms with Gasteiger partial charge in [0.2, 0.25) is 0 Å². The number of morpholine rings is 1. The fourth-order valence-corrected chi connectivity index (χ4v) is 3.41. The fraction of sp³-hybridized carbons (Fsp3) is 0.350. The Morgan fingerprint density at radius 1 is 1.15 bits per heavy atom. The molecule has 1 unspecified atom stereocenters. The first-order valence-electron chi connectivity index (χ1n) is 8.55. The minimum absolute atomic E-state index is 0.238. The molecule has 0 radical (unpaired) electrons. The molecular formula is C20H22FNO4. The summed E-state index contributed by atoms with van der Waals surface area (Å²) in [5.41, 5.74) is 0.565. The molecule has 0 aromatic heterocycles. The molecule has 5 nitrogen and oxygen atoms in total. The van der Waals surface area contributed by atoms with Gasteiger partial charge in [-0.3, -0.25) is 4.90 Å². The summed E-state index contributed by atoms with van der Waals surface area (Å²) in [6.45, 7) is 1.60. The highest BCUT2D eigenvalue weighted by Crippen LogP contribution is 2.26. The lowest BCUT2D eigenvalue weighted by Gasteiger charge is -2.42. The van der Waals surface area contributed by atoms with Gasteiger partial charge in [-0.15, -0.1) is 0 Å². The molecule has 2 aromatic carbocycles. The van der Waals surface area contributed by atoms with Crippen LogP contribution in [0.5, 0.6) is 0 Å². The summed E-state index contributed by atoms with van der Waals surface area (Å²) in [4.78, 5) is 13.4. The first-order chi connectivity index (χ1) is 12.5. The summed E-state index contributed by atoms with van der Waals surface area (Å²) >= 11 is 0. The van der Waals surface area contributed by atoms with Gasteiger partial charge in [-0.1, -0.05) is 36.4 Å². The molecule has 1 atom stereocenters. The van der Waals surface area contributed by atoms with Crippen LogP contribution in [0.25, 0.3) is 0 Å². The summed E-state index contributed by atoms with van der Waals surface area (Å²) in [7, 11) is 0. The zero-order valence-corrected chi connectivity index (χ0v) is 14.4. The molecule has 1 saturated heterocycles. The summed E-state index contributed by atoms with van der Waals surface area (Å²) in [6.07, 6.45) is 0.257. The van der Waals surface area contributed by atoms with E-state index in [0.717, 1.165) is 0 Å². The van der Waals surface area contributed by atoms with E-state index in [9.17, 15) is 19.4 Å². The molecule has 0 spiro atoms. The molecule has 6 heteroatoms. The van der Waals surface area contributed by atoms with Gasteiger partial charge in [0, 0.05) is 26.1 Å². The average molecular weight is 359 g/mol. The lowest BCUT2D eigenvalue weighted by Crippen LogP contribution is -2.55. The van der Waals surface area contributed by atoms with Crippen molar-refractivity contribution in [1.29, 1.82) is 0 Å². The van der Waals surface area contributed by atoms with Gasteiger partial charge >= 0.3 is 5.97 Å². The Hall–Kier alpha value is -2.28. The zero-order chi connectivity index (χ0) is 18.6. The number of ether oxygens (including phenoxy) is 1. The van der Waals surface area contributed by atoms with Gasteiger partial charge < -0.3 is 14.9 Å². The van der Waals surface area contributed by atoms with Crippen molar-refractivity contribution < 1.29 is 24.1 Å². The summed E-state index contributed by atoms with van der Waals surface area (Å²) in [5.74, 6) is -1.29. The normalized spacial score (nSPS) is 20.8. The third-order valence-electron chi connectivity index (χ3n) is 4.73. The Bertz CT molecular complexity index is 782. The van der Waals surface area contributed by atoms with E-state index >= 15 is 0 Å². The first-order valence-corrected chi connectivity index (χ1v) is 8.55. The molecule has 26 heavy (non-hydrogen) atoms. The van der Waals surface area contributed by atoms with Crippen LogP contribution in [-0.4, -0.2) is 53.0 Å². The van der Waals surface area contributed by atoms with Crippen molar-refractivity contribution in [2.75, 3.05) is 26.3 Å². The second-order valence-electron chi connectivity index (χ2n) is 6.63. The maximum absolute atomic E-state index is 14.0. The monoisotopic (exact) mass is 359 g/mol. The molecule has 1 aliphatic rings. The van der Waals surface area contributed by atoms with Crippen LogP contribution in [0, 0.1) is 5.82 Å². The second kappa shape index (κ2) is 7.95. The molecule has 1 aliphatic heterocycles. The van der Waals surface area contributed by atoms with E-state index in [0.29, 0.717) is 37.4 Å². The third-order valence-corrected chi connectivity index (χ3v) is 4.73. The molecule has 138 valence electrons. The summed E-state index contributed by atoms with van der Waals surface area (Å²) in [6, 6.07) is 13.3. The van der Waals surface area contributed by atoms with Crippen LogP contribution in [0.15, 0.2) is 48.5 Å². The van der Waals surface area contributed by atoms with Crippen LogP contribution in [0.2, 0.25) is 0 Å². The van der Waals surface area contributed by atoms with Gasteiger partial charge in [0.15, 0.2) is 0 Å². The number of aliphatic hydroxyl groups is 1. The van der Waals surface area contributed by atoms with Crippen LogP contribution in [-0.2, 0) is 17.7 Å². The number of carboxylic acid groups (broad SMARTS) is 1. The van der Waals surface area contributed by atoms with Gasteiger partial charge in [0.05, 0.1) is 18.8 Å². The Morgan fingerprint density at radius 3 is 2.54 bits per heavy atom. The molecule has 0 saturated carbocycles. The number of aromatic carboxylic acids is 1. The van der Waals surface area contributed by atoms with Gasteiger partial charge in [-0.25, -0.2) is 9.18 Å². The third kappa shape index (κ3) is 4.09. The number of hydrogen-bond acceptors (Lipinski definition) is 4. The number of carboxylic acids is 1. The number of aliphatic hydroxyl groups excluding tert-OH is 1. The van der Waals surface area contributed by atoms with E-state index in [1.54, 1.807) is 42.5 Å². The smallest absolute Gasteiger partial charge is 0.336 e. The number of carbonyl (C=O) groups is 1. The number of nitrogens with zero attached hydrogens (tertiary/aromatic N) is 1. The predicted octanol–water partition coefficient (Wildman–Crippen LogP) is 2.33. The van der Waals surface area contributed by atoms with Gasteiger partial charge in [0.25, 0.3) is 0 Å². The largest absolute Gasteiger partial charge is 0.478 e. The molecule has 1 heterocycles. The van der Waals surface area contributed by atoms with Gasteiger partial charge in [0.1, 0.15) is 11.4 Å². The van der Waals surface area contributed by atoms with Crippen LogP contribution in [0.3, 0.4) is 0 Å². The average Bonchev–Trinajstić information content (AvgIpc) is 2.64. The van der Waals surface area contributed by atoms with E-state index < -0.39 is 11.6 Å². The maximum Gasteiger partial charge on any atom is 0.336 e. The van der Waals surface area contributed by atoms with E-state index in [1.165, 1.54) is 6.07 Å². The molecule has 1 fully saturated rings. The molecule has 2 aromatic rings. The van der Waals surface area contributed by atoms with Gasteiger partial charge in [-0.05, 0) is 23.3 Å². The molecular weight excluding hydrogens is 337 g/mol. The van der Waals surface area contributed by atoms with E-state index in [-0.39, 0.29) is 24.4 Å². The molecule has 2 N–H and O–H groups in total. The van der Waals surface area contributed by atoms with Gasteiger partial charge in [-0.2, -0.15) is 0 Å². The van der Waals surface area contributed by atoms with Crippen LogP contribution < -0.4 is 0 Å². The minimum atomic E-state index is -0.964. The lowest BCUT2D eigenvalue weighted by atomic mass is 9.92. The quantitative estimate of drug-likeness (QED) is 0.828. The fourth-order valence-electron chi connectivity index (χ4n) is 3.41. The van der Waals surface area contributed by atoms with E-state index in [4.69, 9.17) is 4.74 Å². The number of hydrogen-bond donors (Lipinski definition) is 2. The predicted molar refractivity (Wildman–Crippen MR) is 94.6 cm³/mol. The Labute approximate surface area is 151 Å². The highest BCUT2D eigenvalue weighted by molar-refractivity contribution is 5.89. The Balaban J connectivity index is 1.77. The Morgan fingerprint density at radius 2 is 1.85 bits per heavy atom. The van der Waals surface area contributed by atoms with Crippen molar-refractivity contribution in [1.82, 2.24) is 4.90 Å².